The van der Waals surface area contributed by atoms with E-state index in [4.69, 9.17) is 4.52 Å². The number of hydrogen-bond acceptors (Lipinski definition) is 8. The van der Waals surface area contributed by atoms with Gasteiger partial charge in [-0.05, 0) is 25.0 Å². The van der Waals surface area contributed by atoms with E-state index >= 15 is 0 Å². The second-order valence-corrected chi connectivity index (χ2v) is 8.27. The highest BCUT2D eigenvalue weighted by molar-refractivity contribution is 7.13. The Morgan fingerprint density at radius 2 is 2.10 bits per heavy atom. The van der Waals surface area contributed by atoms with E-state index < -0.39 is 0 Å². The Bertz CT molecular complexity index is 1010. The highest BCUT2D eigenvalue weighted by atomic mass is 32.1. The van der Waals surface area contributed by atoms with E-state index in [-0.39, 0.29) is 17.7 Å². The predicted octanol–water partition coefficient (Wildman–Crippen LogP) is 3.07. The number of hydrogen-bond donors (Lipinski definition) is 1. The first-order valence-corrected chi connectivity index (χ1v) is 11.3. The quantitative estimate of drug-likeness (QED) is 0.600. The number of likely N-dealkylation sites (tertiary alicyclic amines) is 1. The number of amides is 2. The lowest BCUT2D eigenvalue weighted by Gasteiger charge is -2.31. The lowest BCUT2D eigenvalue weighted by Crippen LogP contribution is -2.38. The Labute approximate surface area is 183 Å². The fourth-order valence-electron chi connectivity index (χ4n) is 3.57. The first kappa shape index (κ1) is 21.1. The van der Waals surface area contributed by atoms with Crippen molar-refractivity contribution in [2.24, 2.45) is 0 Å². The minimum absolute atomic E-state index is 0.108. The van der Waals surface area contributed by atoms with Crippen molar-refractivity contribution in [1.29, 1.82) is 0 Å². The summed E-state index contributed by atoms with van der Waals surface area (Å²) in [7, 11) is 0. The molecule has 2 amide bonds. The lowest BCUT2D eigenvalue weighted by molar-refractivity contribution is -0.132. The Morgan fingerprint density at radius 1 is 1.26 bits per heavy atom. The van der Waals surface area contributed by atoms with Gasteiger partial charge in [-0.2, -0.15) is 4.98 Å². The highest BCUT2D eigenvalue weighted by Crippen LogP contribution is 2.27. The molecule has 0 spiro atoms. The molecule has 4 heterocycles. The van der Waals surface area contributed by atoms with E-state index in [2.05, 4.69) is 25.4 Å². The zero-order chi connectivity index (χ0) is 21.6. The molecule has 0 unspecified atom stereocenters. The second kappa shape index (κ2) is 9.78. The van der Waals surface area contributed by atoms with Crippen molar-refractivity contribution in [3.63, 3.8) is 0 Å². The van der Waals surface area contributed by atoms with E-state index in [9.17, 15) is 9.59 Å². The third kappa shape index (κ3) is 5.32. The van der Waals surface area contributed by atoms with Gasteiger partial charge in [0.05, 0.1) is 5.56 Å². The Hall–Kier alpha value is -3.14. The number of aromatic nitrogens is 4. The molecule has 0 saturated carbocycles. The molecule has 1 aliphatic rings. The Morgan fingerprint density at radius 3 is 2.74 bits per heavy atom. The standard InChI is InChI=1S/C21H24N6O3S/c1-2-17-24-18(30-26-17)5-6-19(28)27-10-7-14(8-11-27)16-4-3-15(13-23-16)20(29)25-21-22-9-12-31-21/h3-4,9,12-14H,2,5-8,10-11H2,1H3,(H,22,25,29). The number of nitrogens with one attached hydrogen (secondary N) is 1. The van der Waals surface area contributed by atoms with Crippen molar-refractivity contribution in [3.8, 4) is 0 Å². The van der Waals surface area contributed by atoms with Gasteiger partial charge in [0, 0.05) is 61.7 Å². The fraction of sp³-hybridized carbons (Fsp3) is 0.429. The number of pyridine rings is 1. The molecule has 31 heavy (non-hydrogen) atoms. The molecule has 4 rings (SSSR count). The second-order valence-electron chi connectivity index (χ2n) is 7.38. The van der Waals surface area contributed by atoms with E-state index in [0.717, 1.165) is 25.0 Å². The number of rotatable bonds is 7. The number of carbonyl (C=O) groups excluding carboxylic acids is 2. The van der Waals surface area contributed by atoms with Crippen LogP contribution in [0.3, 0.4) is 0 Å². The third-order valence-corrected chi connectivity index (χ3v) is 6.03. The maximum Gasteiger partial charge on any atom is 0.259 e. The van der Waals surface area contributed by atoms with Crippen molar-refractivity contribution >= 4 is 28.3 Å². The minimum atomic E-state index is -0.221. The van der Waals surface area contributed by atoms with Gasteiger partial charge in [-0.3, -0.25) is 19.9 Å². The van der Waals surface area contributed by atoms with Crippen LogP contribution in [0.1, 0.15) is 59.9 Å². The zero-order valence-corrected chi connectivity index (χ0v) is 18.1. The lowest BCUT2D eigenvalue weighted by atomic mass is 9.92. The molecule has 0 aliphatic carbocycles. The summed E-state index contributed by atoms with van der Waals surface area (Å²) in [6.45, 7) is 3.35. The zero-order valence-electron chi connectivity index (χ0n) is 17.3. The fourth-order valence-corrected chi connectivity index (χ4v) is 4.09. The molecule has 1 fully saturated rings. The summed E-state index contributed by atoms with van der Waals surface area (Å²) in [6.07, 6.45) is 6.51. The average molecular weight is 441 g/mol. The summed E-state index contributed by atoms with van der Waals surface area (Å²) in [5.74, 6) is 1.35. The number of aryl methyl sites for hydroxylation is 2. The van der Waals surface area contributed by atoms with Crippen LogP contribution in [0, 0.1) is 0 Å². The van der Waals surface area contributed by atoms with Gasteiger partial charge in [0.1, 0.15) is 0 Å². The van der Waals surface area contributed by atoms with Crippen molar-refractivity contribution in [3.05, 3.63) is 52.9 Å². The van der Waals surface area contributed by atoms with Gasteiger partial charge >= 0.3 is 0 Å². The molecule has 9 nitrogen and oxygen atoms in total. The normalized spacial score (nSPS) is 14.5. The van der Waals surface area contributed by atoms with E-state index in [0.29, 0.717) is 48.3 Å². The molecule has 0 bridgehead atoms. The summed E-state index contributed by atoms with van der Waals surface area (Å²) in [6, 6.07) is 3.69. The van der Waals surface area contributed by atoms with Crippen LogP contribution in [0.4, 0.5) is 5.13 Å². The number of thiazole rings is 1. The Balaban J connectivity index is 1.25. The molecule has 0 radical (unpaired) electrons. The molecule has 3 aromatic heterocycles. The molecular weight excluding hydrogens is 416 g/mol. The monoisotopic (exact) mass is 440 g/mol. The summed E-state index contributed by atoms with van der Waals surface area (Å²) in [5, 5.41) is 8.98. The molecule has 162 valence electrons. The summed E-state index contributed by atoms with van der Waals surface area (Å²) < 4.78 is 5.15. The van der Waals surface area contributed by atoms with Crippen molar-refractivity contribution in [2.45, 2.75) is 44.9 Å². The van der Waals surface area contributed by atoms with Crippen LogP contribution in [0.15, 0.2) is 34.4 Å². The molecule has 0 aromatic carbocycles. The summed E-state index contributed by atoms with van der Waals surface area (Å²) in [5.41, 5.74) is 1.45. The van der Waals surface area contributed by atoms with Gasteiger partial charge in [-0.25, -0.2) is 4.98 Å². The van der Waals surface area contributed by atoms with Crippen molar-refractivity contribution < 1.29 is 14.1 Å². The molecule has 0 atom stereocenters. The maximum absolute atomic E-state index is 12.5. The predicted molar refractivity (Wildman–Crippen MR) is 115 cm³/mol. The van der Waals surface area contributed by atoms with Gasteiger partial charge in [-0.15, -0.1) is 11.3 Å². The van der Waals surface area contributed by atoms with Crippen LogP contribution in [0.2, 0.25) is 0 Å². The number of carbonyl (C=O) groups is 2. The number of nitrogens with zero attached hydrogens (tertiary/aromatic N) is 5. The first-order valence-electron chi connectivity index (χ1n) is 10.4. The largest absolute Gasteiger partial charge is 0.343 e. The molecule has 1 aliphatic heterocycles. The number of anilines is 1. The van der Waals surface area contributed by atoms with Crippen LogP contribution in [0.5, 0.6) is 0 Å². The minimum Gasteiger partial charge on any atom is -0.343 e. The Kier molecular flexibility index (Phi) is 6.66. The summed E-state index contributed by atoms with van der Waals surface area (Å²) >= 11 is 1.37. The van der Waals surface area contributed by atoms with Gasteiger partial charge in [0.25, 0.3) is 5.91 Å². The van der Waals surface area contributed by atoms with Crippen molar-refractivity contribution in [1.82, 2.24) is 25.0 Å². The first-order chi connectivity index (χ1) is 15.1. The van der Waals surface area contributed by atoms with Gasteiger partial charge in [0.15, 0.2) is 11.0 Å². The number of piperidine rings is 1. The van der Waals surface area contributed by atoms with E-state index in [1.807, 2.05) is 17.9 Å². The van der Waals surface area contributed by atoms with Crippen LogP contribution in [-0.4, -0.2) is 49.9 Å². The van der Waals surface area contributed by atoms with E-state index in [1.54, 1.807) is 23.8 Å². The van der Waals surface area contributed by atoms with Crippen molar-refractivity contribution in [2.75, 3.05) is 18.4 Å². The molecule has 10 heteroatoms. The van der Waals surface area contributed by atoms with Gasteiger partial charge < -0.3 is 9.42 Å². The highest BCUT2D eigenvalue weighted by Gasteiger charge is 2.25. The molecule has 3 aromatic rings. The smallest absolute Gasteiger partial charge is 0.259 e. The van der Waals surface area contributed by atoms with Crippen LogP contribution in [-0.2, 0) is 17.6 Å². The third-order valence-electron chi connectivity index (χ3n) is 5.35. The average Bonchev–Trinajstić information content (AvgIpc) is 3.49. The van der Waals surface area contributed by atoms with E-state index in [1.165, 1.54) is 11.3 Å². The van der Waals surface area contributed by atoms with Gasteiger partial charge in [0.2, 0.25) is 11.8 Å². The van der Waals surface area contributed by atoms with Crippen LogP contribution < -0.4 is 5.32 Å². The maximum atomic E-state index is 12.5. The molecule has 1 saturated heterocycles. The summed E-state index contributed by atoms with van der Waals surface area (Å²) in [4.78, 5) is 39.5. The molecular formula is C21H24N6O3S. The van der Waals surface area contributed by atoms with Crippen LogP contribution in [0.25, 0.3) is 0 Å². The van der Waals surface area contributed by atoms with Gasteiger partial charge in [-0.1, -0.05) is 12.1 Å². The molecule has 1 N–H and O–H groups in total. The topological polar surface area (TPSA) is 114 Å². The van der Waals surface area contributed by atoms with Crippen LogP contribution >= 0.6 is 11.3 Å². The SMILES string of the molecule is CCc1noc(CCC(=O)N2CCC(c3ccc(C(=O)Nc4nccs4)cn3)CC2)n1.